The summed E-state index contributed by atoms with van der Waals surface area (Å²) in [5.74, 6) is 0.889. The van der Waals surface area contributed by atoms with E-state index in [1.165, 1.54) is 4.90 Å². The molecule has 1 N–H and O–H groups in total. The summed E-state index contributed by atoms with van der Waals surface area (Å²) in [5.41, 5.74) is 1.58. The van der Waals surface area contributed by atoms with E-state index in [0.717, 1.165) is 16.7 Å². The minimum atomic E-state index is -0.0452. The van der Waals surface area contributed by atoms with Gasteiger partial charge >= 0.3 is 0 Å². The molecule has 0 bridgehead atoms. The van der Waals surface area contributed by atoms with Crippen LogP contribution in [0.25, 0.3) is 10.9 Å². The lowest BCUT2D eigenvalue weighted by atomic mass is 10.1. The Labute approximate surface area is 175 Å². The summed E-state index contributed by atoms with van der Waals surface area (Å²) in [7, 11) is 0. The Kier molecular flexibility index (Phi) is 5.90. The maximum atomic E-state index is 12.8. The van der Waals surface area contributed by atoms with Gasteiger partial charge in [-0.1, -0.05) is 43.3 Å². The fourth-order valence-electron chi connectivity index (χ4n) is 3.61. The number of benzene rings is 2. The molecule has 1 aliphatic rings. The number of carbonyl (C=O) groups excluding carboxylic acids is 2. The maximum Gasteiger partial charge on any atom is 0.270 e. The summed E-state index contributed by atoms with van der Waals surface area (Å²) < 4.78 is 0. The molecule has 2 heterocycles. The number of amides is 2. The second kappa shape index (κ2) is 8.74. The first-order valence-electron chi connectivity index (χ1n) is 9.95. The van der Waals surface area contributed by atoms with E-state index in [-0.39, 0.29) is 17.7 Å². The fraction of sp³-hybridized carbons (Fsp3) is 0.304. The zero-order chi connectivity index (χ0) is 20.2. The molecular weight excluding hydrogens is 382 g/mol. The van der Waals surface area contributed by atoms with Crippen molar-refractivity contribution in [2.75, 3.05) is 31.9 Å². The van der Waals surface area contributed by atoms with Gasteiger partial charge in [0.25, 0.3) is 5.91 Å². The second-order valence-corrected chi connectivity index (χ2v) is 8.51. The van der Waals surface area contributed by atoms with Gasteiger partial charge < -0.3 is 14.8 Å². The SMILES string of the molecule is CC(CSc1ccccc1)C(=O)N1CCN(C(=O)c2cc3ccccc3[nH]2)CC1. The molecule has 1 saturated heterocycles. The van der Waals surface area contributed by atoms with E-state index >= 15 is 0 Å². The van der Waals surface area contributed by atoms with Gasteiger partial charge in [0.15, 0.2) is 0 Å². The van der Waals surface area contributed by atoms with Gasteiger partial charge in [-0.05, 0) is 24.3 Å². The number of thioether (sulfide) groups is 1. The minimum absolute atomic E-state index is 0.000908. The van der Waals surface area contributed by atoms with Crippen LogP contribution in [-0.2, 0) is 4.79 Å². The zero-order valence-electron chi connectivity index (χ0n) is 16.5. The van der Waals surface area contributed by atoms with Crippen LogP contribution in [-0.4, -0.2) is 58.5 Å². The highest BCUT2D eigenvalue weighted by Crippen LogP contribution is 2.22. The van der Waals surface area contributed by atoms with Crippen LogP contribution in [0.5, 0.6) is 0 Å². The number of rotatable bonds is 5. The number of piperazine rings is 1. The number of hydrogen-bond donors (Lipinski definition) is 1. The number of aromatic amines is 1. The average Bonchev–Trinajstić information content (AvgIpc) is 3.21. The molecule has 1 aromatic heterocycles. The van der Waals surface area contributed by atoms with Crippen molar-refractivity contribution in [3.63, 3.8) is 0 Å². The lowest BCUT2D eigenvalue weighted by molar-refractivity contribution is -0.135. The number of hydrogen-bond acceptors (Lipinski definition) is 3. The van der Waals surface area contributed by atoms with Crippen LogP contribution in [0.4, 0.5) is 0 Å². The normalized spacial score (nSPS) is 15.5. The lowest BCUT2D eigenvalue weighted by Crippen LogP contribution is -2.52. The molecule has 4 rings (SSSR count). The van der Waals surface area contributed by atoms with E-state index in [1.54, 1.807) is 11.8 Å². The Morgan fingerprint density at radius 3 is 2.34 bits per heavy atom. The van der Waals surface area contributed by atoms with Gasteiger partial charge in [-0.2, -0.15) is 0 Å². The molecule has 3 aromatic rings. The van der Waals surface area contributed by atoms with Gasteiger partial charge in [0.05, 0.1) is 0 Å². The average molecular weight is 408 g/mol. The Morgan fingerprint density at radius 2 is 1.62 bits per heavy atom. The number of aromatic nitrogens is 1. The smallest absolute Gasteiger partial charge is 0.270 e. The molecule has 6 heteroatoms. The third-order valence-electron chi connectivity index (χ3n) is 5.30. The first-order valence-corrected chi connectivity index (χ1v) is 10.9. The molecule has 1 unspecified atom stereocenters. The number of fused-ring (bicyclic) bond motifs is 1. The van der Waals surface area contributed by atoms with Crippen LogP contribution in [0.2, 0.25) is 0 Å². The molecule has 0 saturated carbocycles. The van der Waals surface area contributed by atoms with Crippen molar-refractivity contribution in [1.29, 1.82) is 0 Å². The zero-order valence-corrected chi connectivity index (χ0v) is 17.3. The van der Waals surface area contributed by atoms with Gasteiger partial charge in [0, 0.05) is 53.6 Å². The van der Waals surface area contributed by atoms with Gasteiger partial charge in [0.2, 0.25) is 5.91 Å². The van der Waals surface area contributed by atoms with E-state index in [9.17, 15) is 9.59 Å². The Balaban J connectivity index is 1.30. The van der Waals surface area contributed by atoms with E-state index in [1.807, 2.05) is 65.3 Å². The molecule has 29 heavy (non-hydrogen) atoms. The van der Waals surface area contributed by atoms with E-state index < -0.39 is 0 Å². The number of para-hydroxylation sites is 1. The molecule has 1 aliphatic heterocycles. The first-order chi connectivity index (χ1) is 14.1. The van der Waals surface area contributed by atoms with Crippen LogP contribution >= 0.6 is 11.8 Å². The molecule has 150 valence electrons. The highest BCUT2D eigenvalue weighted by Gasteiger charge is 2.28. The second-order valence-electron chi connectivity index (χ2n) is 7.41. The van der Waals surface area contributed by atoms with Gasteiger partial charge in [-0.3, -0.25) is 9.59 Å². The highest BCUT2D eigenvalue weighted by molar-refractivity contribution is 7.99. The Hall–Kier alpha value is -2.73. The molecule has 2 aromatic carbocycles. The third kappa shape index (κ3) is 4.48. The van der Waals surface area contributed by atoms with Crippen LogP contribution in [0.3, 0.4) is 0 Å². The first kappa shape index (κ1) is 19.6. The number of carbonyl (C=O) groups is 2. The predicted octanol–water partition coefficient (Wildman–Crippen LogP) is 3.88. The number of nitrogens with zero attached hydrogens (tertiary/aromatic N) is 2. The summed E-state index contributed by atoms with van der Waals surface area (Å²) in [4.78, 5) is 33.7. The van der Waals surface area contributed by atoms with Crippen molar-refractivity contribution in [3.05, 3.63) is 66.4 Å². The molecule has 1 fully saturated rings. The van der Waals surface area contributed by atoms with Crippen molar-refractivity contribution in [3.8, 4) is 0 Å². The van der Waals surface area contributed by atoms with Crippen molar-refractivity contribution in [2.45, 2.75) is 11.8 Å². The predicted molar refractivity (Wildman–Crippen MR) is 117 cm³/mol. The summed E-state index contributed by atoms with van der Waals surface area (Å²) in [6, 6.07) is 19.9. The van der Waals surface area contributed by atoms with Crippen molar-refractivity contribution in [1.82, 2.24) is 14.8 Å². The van der Waals surface area contributed by atoms with Crippen molar-refractivity contribution >= 4 is 34.5 Å². The lowest BCUT2D eigenvalue weighted by Gasteiger charge is -2.35. The highest BCUT2D eigenvalue weighted by atomic mass is 32.2. The molecule has 0 radical (unpaired) electrons. The van der Waals surface area contributed by atoms with Crippen LogP contribution in [0.1, 0.15) is 17.4 Å². The quantitative estimate of drug-likeness (QED) is 0.653. The monoisotopic (exact) mass is 407 g/mol. The molecule has 1 atom stereocenters. The maximum absolute atomic E-state index is 12.8. The molecule has 0 aliphatic carbocycles. The van der Waals surface area contributed by atoms with Gasteiger partial charge in [-0.15, -0.1) is 11.8 Å². The minimum Gasteiger partial charge on any atom is -0.351 e. The Morgan fingerprint density at radius 1 is 0.966 bits per heavy atom. The standard InChI is InChI=1S/C23H25N3O2S/c1-17(16-29-19-8-3-2-4-9-19)22(27)25-11-13-26(14-12-25)23(28)21-15-18-7-5-6-10-20(18)24-21/h2-10,15,17,24H,11-14,16H2,1H3. The van der Waals surface area contributed by atoms with E-state index in [2.05, 4.69) is 17.1 Å². The summed E-state index contributed by atoms with van der Waals surface area (Å²) >= 11 is 1.71. The Bertz CT molecular complexity index is 961. The van der Waals surface area contributed by atoms with E-state index in [0.29, 0.717) is 31.9 Å². The van der Waals surface area contributed by atoms with Crippen molar-refractivity contribution < 1.29 is 9.59 Å². The number of H-pyrrole nitrogens is 1. The molecular formula is C23H25N3O2S. The van der Waals surface area contributed by atoms with Crippen LogP contribution in [0.15, 0.2) is 65.6 Å². The molecule has 5 nitrogen and oxygen atoms in total. The van der Waals surface area contributed by atoms with Gasteiger partial charge in [0.1, 0.15) is 5.69 Å². The largest absolute Gasteiger partial charge is 0.351 e. The molecule has 0 spiro atoms. The topological polar surface area (TPSA) is 56.4 Å². The van der Waals surface area contributed by atoms with Gasteiger partial charge in [-0.25, -0.2) is 0 Å². The van der Waals surface area contributed by atoms with E-state index in [4.69, 9.17) is 0 Å². The third-order valence-corrected chi connectivity index (χ3v) is 6.58. The number of nitrogens with one attached hydrogen (secondary N) is 1. The summed E-state index contributed by atoms with van der Waals surface area (Å²) in [5, 5.41) is 1.04. The van der Waals surface area contributed by atoms with Crippen LogP contribution in [0, 0.1) is 5.92 Å². The summed E-state index contributed by atoms with van der Waals surface area (Å²) in [6.45, 7) is 4.30. The fourth-order valence-corrected chi connectivity index (χ4v) is 4.54. The summed E-state index contributed by atoms with van der Waals surface area (Å²) in [6.07, 6.45) is 0. The van der Waals surface area contributed by atoms with Crippen LogP contribution < -0.4 is 0 Å². The van der Waals surface area contributed by atoms with Crippen molar-refractivity contribution in [2.24, 2.45) is 5.92 Å². The molecule has 2 amide bonds.